The van der Waals surface area contributed by atoms with E-state index in [9.17, 15) is 4.79 Å². The molecule has 0 radical (unpaired) electrons. The standard InChI is InChI=1S/C7H12N4O2S2/c1-11(2)6-9-10-7(15-6)14-4(3-8)5(12)13/h4H,3,8H2,1-2H3,(H,12,13). The molecular formula is C7H12N4O2S2. The van der Waals surface area contributed by atoms with Gasteiger partial charge in [0.1, 0.15) is 5.25 Å². The lowest BCUT2D eigenvalue weighted by Crippen LogP contribution is -2.25. The Morgan fingerprint density at radius 3 is 2.73 bits per heavy atom. The molecule has 0 bridgehead atoms. The number of hydrogen-bond acceptors (Lipinski definition) is 7. The van der Waals surface area contributed by atoms with E-state index >= 15 is 0 Å². The second-order valence-corrected chi connectivity index (χ2v) is 5.33. The molecule has 0 spiro atoms. The van der Waals surface area contributed by atoms with E-state index in [1.807, 2.05) is 19.0 Å². The van der Waals surface area contributed by atoms with E-state index in [0.717, 1.165) is 16.9 Å². The van der Waals surface area contributed by atoms with Crippen LogP contribution in [-0.4, -0.2) is 47.2 Å². The van der Waals surface area contributed by atoms with Gasteiger partial charge in [-0.25, -0.2) is 0 Å². The summed E-state index contributed by atoms with van der Waals surface area (Å²) in [5.41, 5.74) is 5.33. The van der Waals surface area contributed by atoms with Gasteiger partial charge in [-0.05, 0) is 0 Å². The van der Waals surface area contributed by atoms with Crippen molar-refractivity contribution in [3.8, 4) is 0 Å². The van der Waals surface area contributed by atoms with E-state index in [0.29, 0.717) is 4.34 Å². The maximum absolute atomic E-state index is 10.7. The molecule has 1 rings (SSSR count). The lowest BCUT2D eigenvalue weighted by molar-refractivity contribution is -0.136. The third-order valence-corrected chi connectivity index (χ3v) is 3.90. The topological polar surface area (TPSA) is 92.3 Å². The van der Waals surface area contributed by atoms with Crippen LogP contribution < -0.4 is 10.6 Å². The van der Waals surface area contributed by atoms with Crippen molar-refractivity contribution in [2.45, 2.75) is 9.59 Å². The van der Waals surface area contributed by atoms with E-state index in [2.05, 4.69) is 10.2 Å². The molecule has 1 aromatic heterocycles. The molecule has 0 aromatic carbocycles. The van der Waals surface area contributed by atoms with Gasteiger partial charge in [0, 0.05) is 20.6 Å². The summed E-state index contributed by atoms with van der Waals surface area (Å²) in [4.78, 5) is 12.5. The van der Waals surface area contributed by atoms with Gasteiger partial charge in [0.15, 0.2) is 4.34 Å². The normalized spacial score (nSPS) is 12.5. The number of carboxylic acids is 1. The van der Waals surface area contributed by atoms with Gasteiger partial charge >= 0.3 is 5.97 Å². The summed E-state index contributed by atoms with van der Waals surface area (Å²) in [5.74, 6) is -0.927. The molecule has 0 fully saturated rings. The largest absolute Gasteiger partial charge is 0.480 e. The molecule has 6 nitrogen and oxygen atoms in total. The molecular weight excluding hydrogens is 236 g/mol. The highest BCUT2D eigenvalue weighted by molar-refractivity contribution is 8.02. The predicted molar refractivity (Wildman–Crippen MR) is 60.6 cm³/mol. The van der Waals surface area contributed by atoms with Crippen LogP contribution in [0.25, 0.3) is 0 Å². The maximum atomic E-state index is 10.7. The number of aliphatic carboxylic acids is 1. The van der Waals surface area contributed by atoms with Crippen molar-refractivity contribution in [3.63, 3.8) is 0 Å². The van der Waals surface area contributed by atoms with Crippen LogP contribution in [0, 0.1) is 0 Å². The quantitative estimate of drug-likeness (QED) is 0.714. The fourth-order valence-corrected chi connectivity index (χ4v) is 2.55. The zero-order chi connectivity index (χ0) is 11.4. The minimum Gasteiger partial charge on any atom is -0.480 e. The number of nitrogens with two attached hydrogens (primary N) is 1. The summed E-state index contributed by atoms with van der Waals surface area (Å²) in [5, 5.41) is 16.7. The first kappa shape index (κ1) is 12.2. The minimum atomic E-state index is -0.927. The van der Waals surface area contributed by atoms with E-state index in [4.69, 9.17) is 10.8 Å². The number of nitrogens with zero attached hydrogens (tertiary/aromatic N) is 3. The Morgan fingerprint density at radius 2 is 2.33 bits per heavy atom. The lowest BCUT2D eigenvalue weighted by atomic mass is 10.4. The van der Waals surface area contributed by atoms with Crippen molar-refractivity contribution in [2.75, 3.05) is 25.5 Å². The van der Waals surface area contributed by atoms with E-state index in [1.165, 1.54) is 11.3 Å². The van der Waals surface area contributed by atoms with Crippen LogP contribution in [-0.2, 0) is 4.79 Å². The highest BCUT2D eigenvalue weighted by Gasteiger charge is 2.19. The zero-order valence-electron chi connectivity index (χ0n) is 8.38. The fourth-order valence-electron chi connectivity index (χ4n) is 0.752. The molecule has 15 heavy (non-hydrogen) atoms. The van der Waals surface area contributed by atoms with Gasteiger partial charge < -0.3 is 15.7 Å². The van der Waals surface area contributed by atoms with Gasteiger partial charge in [0.25, 0.3) is 0 Å². The lowest BCUT2D eigenvalue weighted by Gasteiger charge is -2.05. The van der Waals surface area contributed by atoms with Crippen LogP contribution in [0.5, 0.6) is 0 Å². The number of thioether (sulfide) groups is 1. The average Bonchev–Trinajstić information content (AvgIpc) is 2.61. The van der Waals surface area contributed by atoms with Gasteiger partial charge in [0.2, 0.25) is 5.13 Å². The number of carbonyl (C=O) groups is 1. The van der Waals surface area contributed by atoms with Crippen LogP contribution in [0.1, 0.15) is 0 Å². The fraction of sp³-hybridized carbons (Fsp3) is 0.571. The second kappa shape index (κ2) is 5.29. The van der Waals surface area contributed by atoms with Crippen LogP contribution in [0.2, 0.25) is 0 Å². The maximum Gasteiger partial charge on any atom is 0.318 e. The smallest absolute Gasteiger partial charge is 0.318 e. The highest BCUT2D eigenvalue weighted by Crippen LogP contribution is 2.29. The molecule has 0 aliphatic carbocycles. The van der Waals surface area contributed by atoms with E-state index < -0.39 is 11.2 Å². The summed E-state index contributed by atoms with van der Waals surface area (Å²) in [6.45, 7) is 0.0802. The Kier molecular flexibility index (Phi) is 4.30. The molecule has 0 saturated carbocycles. The number of carboxylic acid groups (broad SMARTS) is 1. The number of rotatable bonds is 5. The van der Waals surface area contributed by atoms with Crippen molar-refractivity contribution in [1.29, 1.82) is 0 Å². The monoisotopic (exact) mass is 248 g/mol. The van der Waals surface area contributed by atoms with Crippen LogP contribution in [0.4, 0.5) is 5.13 Å². The Balaban J connectivity index is 2.67. The zero-order valence-corrected chi connectivity index (χ0v) is 10.0. The number of hydrogen-bond donors (Lipinski definition) is 2. The average molecular weight is 248 g/mol. The summed E-state index contributed by atoms with van der Waals surface area (Å²) < 4.78 is 0.622. The van der Waals surface area contributed by atoms with Crippen molar-refractivity contribution in [1.82, 2.24) is 10.2 Å². The van der Waals surface area contributed by atoms with Crippen LogP contribution in [0.3, 0.4) is 0 Å². The molecule has 1 unspecified atom stereocenters. The van der Waals surface area contributed by atoms with Crippen molar-refractivity contribution < 1.29 is 9.90 Å². The molecule has 8 heteroatoms. The van der Waals surface area contributed by atoms with Gasteiger partial charge in [-0.3, -0.25) is 4.79 Å². The van der Waals surface area contributed by atoms with Crippen molar-refractivity contribution in [2.24, 2.45) is 5.73 Å². The third-order valence-electron chi connectivity index (χ3n) is 1.51. The van der Waals surface area contributed by atoms with Crippen LogP contribution >= 0.6 is 23.1 Å². The molecule has 0 aliphatic heterocycles. The molecule has 1 atom stereocenters. The third kappa shape index (κ3) is 3.33. The van der Waals surface area contributed by atoms with E-state index in [1.54, 1.807) is 0 Å². The first-order chi connectivity index (χ1) is 7.04. The van der Waals surface area contributed by atoms with Gasteiger partial charge in [0.05, 0.1) is 0 Å². The molecule has 1 heterocycles. The molecule has 1 aromatic rings. The SMILES string of the molecule is CN(C)c1nnc(SC(CN)C(=O)O)s1. The minimum absolute atomic E-state index is 0.0802. The molecule has 0 amide bonds. The van der Waals surface area contributed by atoms with Crippen molar-refractivity contribution >= 4 is 34.2 Å². The first-order valence-corrected chi connectivity index (χ1v) is 5.84. The van der Waals surface area contributed by atoms with Crippen LogP contribution in [0.15, 0.2) is 4.34 Å². The van der Waals surface area contributed by atoms with E-state index in [-0.39, 0.29) is 6.54 Å². The Hall–Kier alpha value is -0.860. The van der Waals surface area contributed by atoms with Gasteiger partial charge in [-0.2, -0.15) is 0 Å². The molecule has 0 saturated heterocycles. The summed E-state index contributed by atoms with van der Waals surface area (Å²) in [6.07, 6.45) is 0. The highest BCUT2D eigenvalue weighted by atomic mass is 32.2. The second-order valence-electron chi connectivity index (χ2n) is 2.93. The summed E-state index contributed by atoms with van der Waals surface area (Å²) in [7, 11) is 3.71. The Labute approximate surface area is 95.5 Å². The predicted octanol–water partition coefficient (Wildman–Crippen LogP) is 0.108. The Morgan fingerprint density at radius 1 is 1.67 bits per heavy atom. The summed E-state index contributed by atoms with van der Waals surface area (Å²) in [6, 6.07) is 0. The van der Waals surface area contributed by atoms with Gasteiger partial charge in [-0.1, -0.05) is 23.1 Å². The van der Waals surface area contributed by atoms with Crippen molar-refractivity contribution in [3.05, 3.63) is 0 Å². The molecule has 3 N–H and O–H groups in total. The number of anilines is 1. The molecule has 0 aliphatic rings. The molecule has 84 valence electrons. The van der Waals surface area contributed by atoms with Gasteiger partial charge in [-0.15, -0.1) is 10.2 Å². The Bertz CT molecular complexity index is 341. The first-order valence-electron chi connectivity index (χ1n) is 4.15. The number of aromatic nitrogens is 2. The summed E-state index contributed by atoms with van der Waals surface area (Å²) >= 11 is 2.48.